The van der Waals surface area contributed by atoms with Crippen LogP contribution < -0.4 is 14.8 Å². The van der Waals surface area contributed by atoms with E-state index in [-0.39, 0.29) is 11.5 Å². The number of methoxy groups -OCH3 is 1. The highest BCUT2D eigenvalue weighted by atomic mass is 19.3. The van der Waals surface area contributed by atoms with Gasteiger partial charge < -0.3 is 14.8 Å². The van der Waals surface area contributed by atoms with Crippen LogP contribution in [0, 0.1) is 6.92 Å². The summed E-state index contributed by atoms with van der Waals surface area (Å²) in [7, 11) is 1.41. The topological polar surface area (TPSA) is 43.4 Å². The maximum atomic E-state index is 12.4. The van der Waals surface area contributed by atoms with E-state index in [2.05, 4.69) is 15.0 Å². The van der Waals surface area contributed by atoms with Crippen LogP contribution in [0.3, 0.4) is 0 Å². The van der Waals surface area contributed by atoms with Gasteiger partial charge in [-0.05, 0) is 36.2 Å². The van der Waals surface area contributed by atoms with Gasteiger partial charge in [-0.25, -0.2) is 0 Å². The zero-order chi connectivity index (χ0) is 15.2. The van der Waals surface area contributed by atoms with Crippen LogP contribution in [0.15, 0.2) is 36.7 Å². The maximum Gasteiger partial charge on any atom is 0.387 e. The van der Waals surface area contributed by atoms with E-state index < -0.39 is 6.61 Å². The van der Waals surface area contributed by atoms with Crippen molar-refractivity contribution in [2.45, 2.75) is 20.1 Å². The number of nitrogens with zero attached hydrogens (tertiary/aromatic N) is 1. The van der Waals surface area contributed by atoms with Gasteiger partial charge in [0.1, 0.15) is 0 Å². The molecule has 0 aliphatic heterocycles. The van der Waals surface area contributed by atoms with Gasteiger partial charge in [-0.2, -0.15) is 8.78 Å². The lowest BCUT2D eigenvalue weighted by Crippen LogP contribution is -2.05. The van der Waals surface area contributed by atoms with Gasteiger partial charge in [0.05, 0.1) is 12.8 Å². The summed E-state index contributed by atoms with van der Waals surface area (Å²) in [5.41, 5.74) is 2.70. The Morgan fingerprint density at radius 2 is 2.00 bits per heavy atom. The predicted molar refractivity (Wildman–Crippen MR) is 75.9 cm³/mol. The van der Waals surface area contributed by atoms with Gasteiger partial charge in [-0.1, -0.05) is 6.07 Å². The number of rotatable bonds is 6. The molecule has 0 bridgehead atoms. The standard InChI is InChI=1S/C15H16F2N2O2/c1-10-5-12(9-18-7-10)19-8-11-3-4-13(20-2)14(6-11)21-15(16)17/h3-7,9,15,19H,8H2,1-2H3. The van der Waals surface area contributed by atoms with Crippen LogP contribution in [0.2, 0.25) is 0 Å². The Labute approximate surface area is 121 Å². The van der Waals surface area contributed by atoms with Gasteiger partial charge >= 0.3 is 6.61 Å². The lowest BCUT2D eigenvalue weighted by molar-refractivity contribution is -0.0512. The quantitative estimate of drug-likeness (QED) is 0.884. The van der Waals surface area contributed by atoms with Crippen LogP contribution in [0.25, 0.3) is 0 Å². The van der Waals surface area contributed by atoms with Gasteiger partial charge in [0.2, 0.25) is 0 Å². The van der Waals surface area contributed by atoms with Gasteiger partial charge in [-0.3, -0.25) is 4.98 Å². The number of hydrogen-bond donors (Lipinski definition) is 1. The van der Waals surface area contributed by atoms with E-state index in [1.54, 1.807) is 24.5 Å². The van der Waals surface area contributed by atoms with Crippen LogP contribution >= 0.6 is 0 Å². The molecule has 0 spiro atoms. The molecule has 0 radical (unpaired) electrons. The third-order valence-corrected chi connectivity index (χ3v) is 2.82. The van der Waals surface area contributed by atoms with Crippen molar-refractivity contribution in [3.8, 4) is 11.5 Å². The number of hydrogen-bond acceptors (Lipinski definition) is 4. The molecule has 0 amide bonds. The lowest BCUT2D eigenvalue weighted by atomic mass is 10.2. The fraction of sp³-hybridized carbons (Fsp3) is 0.267. The first-order valence-corrected chi connectivity index (χ1v) is 6.35. The average molecular weight is 294 g/mol. The number of benzene rings is 1. The monoisotopic (exact) mass is 294 g/mol. The number of halogens is 2. The molecule has 0 aliphatic rings. The second-order valence-electron chi connectivity index (χ2n) is 4.47. The SMILES string of the molecule is COc1ccc(CNc2cncc(C)c2)cc1OC(F)F. The van der Waals surface area contributed by atoms with E-state index in [9.17, 15) is 8.78 Å². The van der Waals surface area contributed by atoms with E-state index in [0.29, 0.717) is 6.54 Å². The van der Waals surface area contributed by atoms with Crippen LogP contribution in [0.5, 0.6) is 11.5 Å². The number of nitrogens with one attached hydrogen (secondary N) is 1. The summed E-state index contributed by atoms with van der Waals surface area (Å²) in [6.45, 7) is -0.474. The largest absolute Gasteiger partial charge is 0.493 e. The van der Waals surface area contributed by atoms with Crippen molar-refractivity contribution in [2.24, 2.45) is 0 Å². The molecule has 0 saturated carbocycles. The molecule has 4 nitrogen and oxygen atoms in total. The number of pyridine rings is 1. The first-order valence-electron chi connectivity index (χ1n) is 6.35. The minimum absolute atomic E-state index is 0.0224. The van der Waals surface area contributed by atoms with Gasteiger partial charge in [-0.15, -0.1) is 0 Å². The van der Waals surface area contributed by atoms with Crippen molar-refractivity contribution in [3.63, 3.8) is 0 Å². The number of ether oxygens (including phenoxy) is 2. The molecule has 2 rings (SSSR count). The maximum absolute atomic E-state index is 12.4. The first kappa shape index (κ1) is 15.0. The van der Waals surface area contributed by atoms with Gasteiger partial charge in [0.15, 0.2) is 11.5 Å². The van der Waals surface area contributed by atoms with Gasteiger partial charge in [0.25, 0.3) is 0 Å². The molecule has 0 unspecified atom stereocenters. The van der Waals surface area contributed by atoms with Crippen molar-refractivity contribution in [1.82, 2.24) is 4.98 Å². The highest BCUT2D eigenvalue weighted by molar-refractivity contribution is 5.46. The molecule has 1 aromatic heterocycles. The van der Waals surface area contributed by atoms with Crippen LogP contribution in [-0.2, 0) is 6.54 Å². The second-order valence-corrected chi connectivity index (χ2v) is 4.47. The molecule has 0 atom stereocenters. The summed E-state index contributed by atoms with van der Waals surface area (Å²) in [6.07, 6.45) is 3.46. The minimum atomic E-state index is -2.89. The molecule has 21 heavy (non-hydrogen) atoms. The van der Waals surface area contributed by atoms with E-state index in [0.717, 1.165) is 16.8 Å². The predicted octanol–water partition coefficient (Wildman–Crippen LogP) is 3.61. The van der Waals surface area contributed by atoms with Crippen molar-refractivity contribution in [2.75, 3.05) is 12.4 Å². The number of aryl methyl sites for hydroxylation is 1. The third-order valence-electron chi connectivity index (χ3n) is 2.82. The Bertz CT molecular complexity index is 606. The molecule has 6 heteroatoms. The molecule has 112 valence electrons. The molecule has 0 fully saturated rings. The summed E-state index contributed by atoms with van der Waals surface area (Å²) in [4.78, 5) is 4.07. The fourth-order valence-corrected chi connectivity index (χ4v) is 1.87. The molecule has 1 N–H and O–H groups in total. The first-order chi connectivity index (χ1) is 10.1. The van der Waals surface area contributed by atoms with E-state index in [1.807, 2.05) is 13.0 Å². The highest BCUT2D eigenvalue weighted by Gasteiger charge is 2.11. The third kappa shape index (κ3) is 4.30. The van der Waals surface area contributed by atoms with E-state index in [4.69, 9.17) is 4.74 Å². The fourth-order valence-electron chi connectivity index (χ4n) is 1.87. The smallest absolute Gasteiger partial charge is 0.387 e. The summed E-state index contributed by atoms with van der Waals surface area (Å²) < 4.78 is 34.2. The van der Waals surface area contributed by atoms with Crippen molar-refractivity contribution >= 4 is 5.69 Å². The molecule has 2 aromatic rings. The Morgan fingerprint density at radius 1 is 1.19 bits per heavy atom. The lowest BCUT2D eigenvalue weighted by Gasteiger charge is -2.12. The Balaban J connectivity index is 2.09. The Morgan fingerprint density at radius 3 is 2.67 bits per heavy atom. The molecular formula is C15H16F2N2O2. The zero-order valence-corrected chi connectivity index (χ0v) is 11.8. The normalized spacial score (nSPS) is 10.5. The van der Waals surface area contributed by atoms with Crippen LogP contribution in [0.1, 0.15) is 11.1 Å². The number of anilines is 1. The van der Waals surface area contributed by atoms with Crippen molar-refractivity contribution < 1.29 is 18.3 Å². The summed E-state index contributed by atoms with van der Waals surface area (Å²) in [6, 6.07) is 6.87. The second kappa shape index (κ2) is 6.88. The molecule has 1 heterocycles. The van der Waals surface area contributed by atoms with E-state index in [1.165, 1.54) is 13.2 Å². The average Bonchev–Trinajstić information content (AvgIpc) is 2.45. The minimum Gasteiger partial charge on any atom is -0.493 e. The molecule has 1 aromatic carbocycles. The van der Waals surface area contributed by atoms with Crippen LogP contribution in [0.4, 0.5) is 14.5 Å². The van der Waals surface area contributed by atoms with E-state index >= 15 is 0 Å². The van der Waals surface area contributed by atoms with Gasteiger partial charge in [0, 0.05) is 18.9 Å². The van der Waals surface area contributed by atoms with Crippen molar-refractivity contribution in [1.29, 1.82) is 0 Å². The molecule has 0 aliphatic carbocycles. The number of aromatic nitrogens is 1. The van der Waals surface area contributed by atoms with Crippen LogP contribution in [-0.4, -0.2) is 18.7 Å². The zero-order valence-electron chi connectivity index (χ0n) is 11.8. The summed E-state index contributed by atoms with van der Waals surface area (Å²) in [5.74, 6) is 0.297. The highest BCUT2D eigenvalue weighted by Crippen LogP contribution is 2.29. The molecular weight excluding hydrogens is 278 g/mol. The molecule has 0 saturated heterocycles. The summed E-state index contributed by atoms with van der Waals surface area (Å²) in [5, 5.41) is 3.17. The van der Waals surface area contributed by atoms with Crippen molar-refractivity contribution in [3.05, 3.63) is 47.8 Å². The summed E-state index contributed by atoms with van der Waals surface area (Å²) >= 11 is 0. The Hall–Kier alpha value is -2.37. The number of alkyl halides is 2. The Kier molecular flexibility index (Phi) is 4.92.